The topological polar surface area (TPSA) is 61.8 Å². The lowest BCUT2D eigenvalue weighted by atomic mass is 10.2. The molecule has 5 nitrogen and oxygen atoms in total. The molecule has 0 aliphatic rings. The van der Waals surface area contributed by atoms with E-state index in [9.17, 15) is 35.9 Å². The normalized spacial score (nSPS) is 14.1. The Balaban J connectivity index is 2.96. The molecule has 0 heterocycles. The van der Waals surface area contributed by atoms with E-state index in [-0.39, 0.29) is 0 Å². The molecule has 1 atom stereocenters. The third kappa shape index (κ3) is 7.43. The van der Waals surface area contributed by atoms with Crippen molar-refractivity contribution in [3.63, 3.8) is 0 Å². The number of benzene rings is 1. The van der Waals surface area contributed by atoms with Crippen molar-refractivity contribution in [2.75, 3.05) is 6.61 Å². The molecule has 1 aromatic rings. The van der Waals surface area contributed by atoms with Gasteiger partial charge in [-0.25, -0.2) is 9.59 Å². The number of hydrogen-bond donors (Lipinski definition) is 1. The lowest BCUT2D eigenvalue weighted by molar-refractivity contribution is -0.232. The van der Waals surface area contributed by atoms with Crippen LogP contribution in [0.25, 0.3) is 0 Å². The van der Waals surface area contributed by atoms with E-state index in [2.05, 4.69) is 23.9 Å². The fourth-order valence-electron chi connectivity index (χ4n) is 1.64. The molecular formula is C16H14F6O5S. The average Bonchev–Trinajstić information content (AvgIpc) is 2.53. The standard InChI is InChI=1S/C16H14F6O5S/c1-9(17)12(23)27-14(2,25-8-7-15(18,19)28)13(24)26-11-5-3-10(4-6-11)16(20,21)22/h3-6,28H,1,7-8H2,2H3. The number of carbonyl (C=O) groups is 2. The maximum absolute atomic E-state index is 12.9. The van der Waals surface area contributed by atoms with Crippen LogP contribution < -0.4 is 4.74 Å². The number of carbonyl (C=O) groups excluding carboxylic acids is 2. The number of alkyl halides is 5. The molecule has 1 rings (SSSR count). The van der Waals surface area contributed by atoms with Gasteiger partial charge in [0.25, 0.3) is 5.25 Å². The highest BCUT2D eigenvalue weighted by Crippen LogP contribution is 2.31. The summed E-state index contributed by atoms with van der Waals surface area (Å²) in [6.45, 7) is 2.56. The van der Waals surface area contributed by atoms with Gasteiger partial charge in [0.15, 0.2) is 0 Å². The molecule has 12 heteroatoms. The first-order valence-electron chi connectivity index (χ1n) is 7.35. The summed E-state index contributed by atoms with van der Waals surface area (Å²) in [4.78, 5) is 23.6. The fraction of sp³-hybridized carbons (Fsp3) is 0.375. The Bertz CT molecular complexity index is 729. The summed E-state index contributed by atoms with van der Waals surface area (Å²) in [5, 5.41) is -3.48. The van der Waals surface area contributed by atoms with Gasteiger partial charge in [0.2, 0.25) is 5.83 Å². The first-order chi connectivity index (χ1) is 12.6. The van der Waals surface area contributed by atoms with Crippen LogP contribution >= 0.6 is 12.6 Å². The molecule has 0 saturated heterocycles. The lowest BCUT2D eigenvalue weighted by Gasteiger charge is -2.27. The van der Waals surface area contributed by atoms with Crippen molar-refractivity contribution >= 4 is 24.6 Å². The Labute approximate surface area is 160 Å². The largest absolute Gasteiger partial charge is 0.422 e. The SMILES string of the molecule is C=C(F)C(=O)OC(C)(OCCC(F)(F)S)C(=O)Oc1ccc(C(F)(F)F)cc1. The molecule has 0 fully saturated rings. The molecule has 0 aliphatic carbocycles. The third-order valence-corrected chi connectivity index (χ3v) is 3.28. The molecule has 0 radical (unpaired) electrons. The van der Waals surface area contributed by atoms with E-state index in [4.69, 9.17) is 9.47 Å². The molecule has 1 aromatic carbocycles. The van der Waals surface area contributed by atoms with Gasteiger partial charge in [0.05, 0.1) is 12.2 Å². The van der Waals surface area contributed by atoms with Gasteiger partial charge in [-0.05, 0) is 24.3 Å². The van der Waals surface area contributed by atoms with Crippen LogP contribution in [0, 0.1) is 0 Å². The minimum atomic E-state index is -4.63. The summed E-state index contributed by atoms with van der Waals surface area (Å²) < 4.78 is 90.0. The van der Waals surface area contributed by atoms with Crippen molar-refractivity contribution in [2.24, 2.45) is 0 Å². The Morgan fingerprint density at radius 1 is 1.11 bits per heavy atom. The molecule has 0 spiro atoms. The van der Waals surface area contributed by atoms with Crippen molar-refractivity contribution in [2.45, 2.75) is 30.6 Å². The monoisotopic (exact) mass is 432 g/mol. The summed E-state index contributed by atoms with van der Waals surface area (Å²) in [6, 6.07) is 2.80. The highest BCUT2D eigenvalue weighted by Gasteiger charge is 2.42. The number of thiol groups is 1. The molecule has 0 aromatic heterocycles. The van der Waals surface area contributed by atoms with Gasteiger partial charge < -0.3 is 14.2 Å². The van der Waals surface area contributed by atoms with E-state index in [1.807, 2.05) is 0 Å². The molecule has 0 saturated carbocycles. The second-order valence-corrected chi connectivity index (χ2v) is 6.07. The van der Waals surface area contributed by atoms with Crippen LogP contribution in [-0.2, 0) is 25.2 Å². The zero-order chi connectivity index (χ0) is 21.8. The van der Waals surface area contributed by atoms with Gasteiger partial charge in [-0.2, -0.15) is 26.3 Å². The van der Waals surface area contributed by atoms with Crippen LogP contribution in [0.2, 0.25) is 0 Å². The van der Waals surface area contributed by atoms with Crippen LogP contribution in [0.5, 0.6) is 5.75 Å². The Morgan fingerprint density at radius 2 is 1.64 bits per heavy atom. The Morgan fingerprint density at radius 3 is 2.07 bits per heavy atom. The second-order valence-electron chi connectivity index (χ2n) is 5.42. The molecule has 28 heavy (non-hydrogen) atoms. The van der Waals surface area contributed by atoms with Crippen molar-refractivity contribution in [3.05, 3.63) is 42.2 Å². The quantitative estimate of drug-likeness (QED) is 0.166. The summed E-state index contributed by atoms with van der Waals surface area (Å²) in [5.41, 5.74) is -1.03. The van der Waals surface area contributed by atoms with Crippen LogP contribution in [0.4, 0.5) is 26.3 Å². The van der Waals surface area contributed by atoms with Crippen molar-refractivity contribution < 1.29 is 50.1 Å². The first kappa shape index (κ1) is 23.8. The minimum Gasteiger partial charge on any atom is -0.422 e. The predicted molar refractivity (Wildman–Crippen MR) is 86.3 cm³/mol. The summed E-state index contributed by atoms with van der Waals surface area (Å²) in [5.74, 6) is -7.94. The summed E-state index contributed by atoms with van der Waals surface area (Å²) >= 11 is 2.95. The molecule has 156 valence electrons. The van der Waals surface area contributed by atoms with E-state index in [0.29, 0.717) is 12.1 Å². The molecule has 1 unspecified atom stereocenters. The van der Waals surface area contributed by atoms with Crippen LogP contribution in [0.1, 0.15) is 18.9 Å². The molecular weight excluding hydrogens is 418 g/mol. The highest BCUT2D eigenvalue weighted by atomic mass is 32.1. The van der Waals surface area contributed by atoms with Crippen LogP contribution in [-0.4, -0.2) is 29.6 Å². The number of halogens is 6. The Kier molecular flexibility index (Phi) is 7.54. The molecule has 0 aliphatic heterocycles. The third-order valence-electron chi connectivity index (χ3n) is 3.05. The van der Waals surface area contributed by atoms with Crippen molar-refractivity contribution in [3.8, 4) is 5.75 Å². The van der Waals surface area contributed by atoms with Crippen molar-refractivity contribution in [1.29, 1.82) is 0 Å². The van der Waals surface area contributed by atoms with Crippen LogP contribution in [0.3, 0.4) is 0 Å². The van der Waals surface area contributed by atoms with E-state index in [0.717, 1.165) is 19.1 Å². The second kappa shape index (κ2) is 8.86. The van der Waals surface area contributed by atoms with Gasteiger partial charge in [0, 0.05) is 13.3 Å². The fourth-order valence-corrected chi connectivity index (χ4v) is 1.73. The molecule has 0 amide bonds. The van der Waals surface area contributed by atoms with Gasteiger partial charge in [0.1, 0.15) is 5.75 Å². The van der Waals surface area contributed by atoms with Gasteiger partial charge in [-0.15, -0.1) is 12.6 Å². The summed E-state index contributed by atoms with van der Waals surface area (Å²) in [7, 11) is 0. The van der Waals surface area contributed by atoms with Crippen molar-refractivity contribution in [1.82, 2.24) is 0 Å². The highest BCUT2D eigenvalue weighted by molar-refractivity contribution is 7.81. The van der Waals surface area contributed by atoms with E-state index >= 15 is 0 Å². The smallest absolute Gasteiger partial charge is 0.416 e. The van der Waals surface area contributed by atoms with Gasteiger partial charge in [-0.1, -0.05) is 6.58 Å². The number of ether oxygens (including phenoxy) is 3. The zero-order valence-corrected chi connectivity index (χ0v) is 15.1. The van der Waals surface area contributed by atoms with E-state index < -0.39 is 59.3 Å². The molecule has 0 N–H and O–H groups in total. The number of esters is 2. The predicted octanol–water partition coefficient (Wildman–Crippen LogP) is 4.28. The maximum atomic E-state index is 12.9. The van der Waals surface area contributed by atoms with Crippen LogP contribution in [0.15, 0.2) is 36.7 Å². The summed E-state index contributed by atoms with van der Waals surface area (Å²) in [6.07, 6.45) is -5.64. The lowest BCUT2D eigenvalue weighted by Crippen LogP contribution is -2.46. The minimum absolute atomic E-state index is 0.400. The zero-order valence-electron chi connectivity index (χ0n) is 14.2. The molecule has 0 bridgehead atoms. The number of rotatable bonds is 8. The maximum Gasteiger partial charge on any atom is 0.416 e. The first-order valence-corrected chi connectivity index (χ1v) is 7.80. The van der Waals surface area contributed by atoms with E-state index in [1.165, 1.54) is 0 Å². The van der Waals surface area contributed by atoms with E-state index in [1.54, 1.807) is 0 Å². The number of hydrogen-bond acceptors (Lipinski definition) is 6. The van der Waals surface area contributed by atoms with Gasteiger partial charge >= 0.3 is 23.9 Å². The van der Waals surface area contributed by atoms with Gasteiger partial charge in [-0.3, -0.25) is 0 Å². The average molecular weight is 432 g/mol. The Hall–Kier alpha value is -2.21.